The Morgan fingerprint density at radius 3 is 0.938 bits per heavy atom. The molecule has 0 aliphatic rings. The molecule has 2 amide bonds. The van der Waals surface area contributed by atoms with E-state index in [1.54, 1.807) is 9.35 Å². The average molecular weight is 260 g/mol. The maximum Gasteiger partial charge on any atom is 0.229 e. The first-order chi connectivity index (χ1) is 6.89. The molecule has 94 valence electrons. The van der Waals surface area contributed by atoms with Gasteiger partial charge in [-0.05, 0) is 39.3 Å². The molecule has 0 radical (unpaired) electrons. The number of amides is 2. The van der Waals surface area contributed by atoms with Crippen LogP contribution < -0.4 is 0 Å². The van der Waals surface area contributed by atoms with Gasteiger partial charge in [0.05, 0.1) is 0 Å². The molecule has 0 rings (SSSR count). The highest BCUT2D eigenvalue weighted by Crippen LogP contribution is 2.20. The van der Waals surface area contributed by atoms with Crippen LogP contribution in [0.4, 0.5) is 0 Å². The van der Waals surface area contributed by atoms with Gasteiger partial charge in [-0.15, -0.1) is 0 Å². The van der Waals surface area contributed by atoms with Gasteiger partial charge in [0.2, 0.25) is 11.8 Å². The molecular weight excluding hydrogens is 236 g/mol. The summed E-state index contributed by atoms with van der Waals surface area (Å²) in [6.45, 7) is 15.5. The van der Waals surface area contributed by atoms with Gasteiger partial charge in [-0.1, -0.05) is 0 Å². The Morgan fingerprint density at radius 2 is 0.875 bits per heavy atom. The summed E-state index contributed by atoms with van der Waals surface area (Å²) in [7, 11) is -3.72. The lowest BCUT2D eigenvalue weighted by Gasteiger charge is -2.48. The molecule has 0 atom stereocenters. The number of rotatable bonds is 2. The zero-order valence-electron chi connectivity index (χ0n) is 11.7. The second kappa shape index (κ2) is 4.71. The molecular formula is C10H24N2O2Si2. The lowest BCUT2D eigenvalue weighted by molar-refractivity contribution is -0.144. The minimum absolute atomic E-state index is 0.0307. The van der Waals surface area contributed by atoms with Crippen LogP contribution in [0, 0.1) is 0 Å². The number of hydrazine groups is 1. The van der Waals surface area contributed by atoms with Gasteiger partial charge >= 0.3 is 0 Å². The average Bonchev–Trinajstić information content (AvgIpc) is 1.92. The monoisotopic (exact) mass is 260 g/mol. The van der Waals surface area contributed by atoms with Crippen molar-refractivity contribution in [3.8, 4) is 0 Å². The normalized spacial score (nSPS) is 12.2. The smallest absolute Gasteiger partial charge is 0.229 e. The summed E-state index contributed by atoms with van der Waals surface area (Å²) in [5, 5.41) is 0. The van der Waals surface area contributed by atoms with Gasteiger partial charge in [-0.2, -0.15) is 0 Å². The van der Waals surface area contributed by atoms with Crippen LogP contribution in [0.2, 0.25) is 39.3 Å². The summed E-state index contributed by atoms with van der Waals surface area (Å²) >= 11 is 0. The predicted molar refractivity (Wildman–Crippen MR) is 71.7 cm³/mol. The van der Waals surface area contributed by atoms with Crippen LogP contribution in [0.5, 0.6) is 0 Å². The summed E-state index contributed by atoms with van der Waals surface area (Å²) in [5.74, 6) is -0.0615. The maximum absolute atomic E-state index is 11.8. The van der Waals surface area contributed by atoms with Gasteiger partial charge in [0, 0.05) is 13.8 Å². The van der Waals surface area contributed by atoms with Gasteiger partial charge in [0.1, 0.15) is 0 Å². The van der Waals surface area contributed by atoms with Crippen LogP contribution in [0.1, 0.15) is 13.8 Å². The molecule has 0 saturated carbocycles. The van der Waals surface area contributed by atoms with E-state index < -0.39 is 16.5 Å². The first kappa shape index (κ1) is 15.4. The lowest BCUT2D eigenvalue weighted by Crippen LogP contribution is -2.67. The Balaban J connectivity index is 5.48. The molecule has 0 aliphatic heterocycles. The first-order valence-corrected chi connectivity index (χ1v) is 12.4. The third-order valence-electron chi connectivity index (χ3n) is 2.07. The SMILES string of the molecule is CC(=O)N(N(C(C)=O)[Si](C)(C)C)[Si](C)(C)C. The van der Waals surface area contributed by atoms with E-state index in [-0.39, 0.29) is 11.8 Å². The van der Waals surface area contributed by atoms with Crippen molar-refractivity contribution in [2.24, 2.45) is 0 Å². The van der Waals surface area contributed by atoms with E-state index in [9.17, 15) is 9.59 Å². The Hall–Kier alpha value is -0.626. The summed E-state index contributed by atoms with van der Waals surface area (Å²) in [5.41, 5.74) is 0. The van der Waals surface area contributed by atoms with Crippen LogP contribution in [-0.4, -0.2) is 37.6 Å². The second-order valence-electron chi connectivity index (χ2n) is 6.00. The minimum atomic E-state index is -1.86. The van der Waals surface area contributed by atoms with Gasteiger partial charge in [-0.3, -0.25) is 18.9 Å². The standard InChI is InChI=1S/C10H24N2O2Si2/c1-9(13)11(15(3,4)5)12(10(2)14)16(6,7)8/h1-8H3. The van der Waals surface area contributed by atoms with E-state index in [4.69, 9.17) is 0 Å². The van der Waals surface area contributed by atoms with Crippen molar-refractivity contribution in [1.82, 2.24) is 9.35 Å². The van der Waals surface area contributed by atoms with E-state index in [1.165, 1.54) is 13.8 Å². The van der Waals surface area contributed by atoms with Crippen LogP contribution >= 0.6 is 0 Å². The van der Waals surface area contributed by atoms with Crippen molar-refractivity contribution < 1.29 is 9.59 Å². The third-order valence-corrected chi connectivity index (χ3v) is 5.84. The highest BCUT2D eigenvalue weighted by molar-refractivity contribution is 6.80. The van der Waals surface area contributed by atoms with E-state index in [0.717, 1.165) is 0 Å². The fourth-order valence-electron chi connectivity index (χ4n) is 1.83. The van der Waals surface area contributed by atoms with Crippen LogP contribution in [0.3, 0.4) is 0 Å². The molecule has 0 bridgehead atoms. The van der Waals surface area contributed by atoms with Gasteiger partial charge < -0.3 is 0 Å². The van der Waals surface area contributed by atoms with Crippen molar-refractivity contribution in [1.29, 1.82) is 0 Å². The Kier molecular flexibility index (Phi) is 4.52. The van der Waals surface area contributed by atoms with Gasteiger partial charge in [0.25, 0.3) is 0 Å². The quantitative estimate of drug-likeness (QED) is 0.564. The van der Waals surface area contributed by atoms with Crippen LogP contribution in [-0.2, 0) is 9.59 Å². The molecule has 4 nitrogen and oxygen atoms in total. The van der Waals surface area contributed by atoms with Crippen molar-refractivity contribution in [2.75, 3.05) is 0 Å². The molecule has 0 heterocycles. The Morgan fingerprint density at radius 1 is 0.688 bits per heavy atom. The number of hydrogen-bond donors (Lipinski definition) is 0. The predicted octanol–water partition coefficient (Wildman–Crippen LogP) is 2.27. The van der Waals surface area contributed by atoms with Crippen LogP contribution in [0.15, 0.2) is 0 Å². The molecule has 16 heavy (non-hydrogen) atoms. The summed E-state index contributed by atoms with van der Waals surface area (Å²) in [6.07, 6.45) is 0. The summed E-state index contributed by atoms with van der Waals surface area (Å²) in [4.78, 5) is 23.5. The number of carbonyl (C=O) groups excluding carboxylic acids is 2. The fourth-order valence-corrected chi connectivity index (χ4v) is 7.00. The zero-order valence-corrected chi connectivity index (χ0v) is 13.7. The van der Waals surface area contributed by atoms with Crippen molar-refractivity contribution in [2.45, 2.75) is 53.1 Å². The van der Waals surface area contributed by atoms with E-state index in [0.29, 0.717) is 0 Å². The largest absolute Gasteiger partial charge is 0.291 e. The Labute approximate surface area is 101 Å². The second-order valence-corrected chi connectivity index (χ2v) is 15.5. The van der Waals surface area contributed by atoms with E-state index >= 15 is 0 Å². The Bertz CT molecular complexity index is 262. The number of carbonyl (C=O) groups is 2. The lowest BCUT2D eigenvalue weighted by atomic mass is 10.7. The molecule has 6 heteroatoms. The van der Waals surface area contributed by atoms with Crippen molar-refractivity contribution in [3.63, 3.8) is 0 Å². The molecule has 0 aromatic heterocycles. The van der Waals surface area contributed by atoms with Gasteiger partial charge in [-0.25, -0.2) is 0 Å². The summed E-state index contributed by atoms with van der Waals surface area (Å²) in [6, 6.07) is 0. The first-order valence-electron chi connectivity index (χ1n) is 5.50. The number of hydrogen-bond acceptors (Lipinski definition) is 2. The van der Waals surface area contributed by atoms with Gasteiger partial charge in [0.15, 0.2) is 16.5 Å². The van der Waals surface area contributed by atoms with E-state index in [1.807, 2.05) is 0 Å². The third kappa shape index (κ3) is 3.75. The fraction of sp³-hybridized carbons (Fsp3) is 0.800. The number of nitrogens with zero attached hydrogens (tertiary/aromatic N) is 2. The maximum atomic E-state index is 11.8. The highest BCUT2D eigenvalue weighted by Gasteiger charge is 2.39. The molecule has 0 aliphatic carbocycles. The molecule has 0 spiro atoms. The topological polar surface area (TPSA) is 40.6 Å². The molecule has 0 unspecified atom stereocenters. The van der Waals surface area contributed by atoms with Crippen LogP contribution in [0.25, 0.3) is 0 Å². The van der Waals surface area contributed by atoms with Crippen molar-refractivity contribution in [3.05, 3.63) is 0 Å². The van der Waals surface area contributed by atoms with Crippen molar-refractivity contribution >= 4 is 28.3 Å². The van der Waals surface area contributed by atoms with E-state index in [2.05, 4.69) is 39.3 Å². The summed E-state index contributed by atoms with van der Waals surface area (Å²) < 4.78 is 3.45. The minimum Gasteiger partial charge on any atom is -0.291 e. The molecule has 0 fully saturated rings. The highest BCUT2D eigenvalue weighted by atomic mass is 28.3. The molecule has 0 saturated heterocycles. The molecule has 0 aromatic carbocycles. The zero-order chi connectivity index (χ0) is 13.3. The molecule has 0 N–H and O–H groups in total. The molecule has 0 aromatic rings.